The van der Waals surface area contributed by atoms with Crippen LogP contribution in [0.4, 0.5) is 0 Å². The number of fused-ring (bicyclic) bond motifs is 3. The van der Waals surface area contributed by atoms with Gasteiger partial charge >= 0.3 is 0 Å². The Morgan fingerprint density at radius 3 is 2.04 bits per heavy atom. The second-order valence-corrected chi connectivity index (χ2v) is 8.97. The Morgan fingerprint density at radius 2 is 1.43 bits per heavy atom. The molecule has 0 N–H and O–H groups in total. The summed E-state index contributed by atoms with van der Waals surface area (Å²) in [7, 11) is 0. The summed E-state index contributed by atoms with van der Waals surface area (Å²) in [5, 5.41) is 2.72. The summed E-state index contributed by atoms with van der Waals surface area (Å²) < 4.78 is 2.52. The van der Waals surface area contributed by atoms with E-state index in [9.17, 15) is 0 Å². The van der Waals surface area contributed by atoms with Crippen molar-refractivity contribution in [1.82, 2.24) is 0 Å². The maximum absolute atomic E-state index is 2.52. The molecule has 1 heteroatoms. The lowest BCUT2D eigenvalue weighted by Gasteiger charge is -2.18. The molecule has 1 aliphatic carbocycles. The highest BCUT2D eigenvalue weighted by atomic mass is 15.0. The van der Waals surface area contributed by atoms with Crippen molar-refractivity contribution in [2.75, 3.05) is 0 Å². The van der Waals surface area contributed by atoms with Gasteiger partial charge < -0.3 is 0 Å². The zero-order valence-corrected chi connectivity index (χ0v) is 18.3. The van der Waals surface area contributed by atoms with E-state index in [1.54, 1.807) is 0 Å². The van der Waals surface area contributed by atoms with Gasteiger partial charge in [-0.1, -0.05) is 76.6 Å². The van der Waals surface area contributed by atoms with Crippen LogP contribution >= 0.6 is 0 Å². The smallest absolute Gasteiger partial charge is 0.159 e. The first kappa shape index (κ1) is 18.9. The Morgan fingerprint density at radius 1 is 0.821 bits per heavy atom. The number of pyridine rings is 1. The van der Waals surface area contributed by atoms with Crippen LogP contribution in [0.2, 0.25) is 0 Å². The van der Waals surface area contributed by atoms with E-state index in [2.05, 4.69) is 102 Å². The fourth-order valence-electron chi connectivity index (χ4n) is 4.83. The van der Waals surface area contributed by atoms with Gasteiger partial charge in [0.25, 0.3) is 0 Å². The minimum Gasteiger partial charge on any atom is -0.159 e. The predicted molar refractivity (Wildman–Crippen MR) is 120 cm³/mol. The van der Waals surface area contributed by atoms with Gasteiger partial charge in [0.05, 0.1) is 0 Å². The highest BCUT2D eigenvalue weighted by molar-refractivity contribution is 5.91. The molecule has 1 nitrogen and oxygen atoms in total. The number of allylic oxidation sites excluding steroid dienone is 2. The zero-order valence-electron chi connectivity index (χ0n) is 18.3. The van der Waals surface area contributed by atoms with Crippen LogP contribution in [0.1, 0.15) is 88.6 Å². The number of benzene rings is 2. The van der Waals surface area contributed by atoms with Gasteiger partial charge in [-0.3, -0.25) is 0 Å². The normalized spacial score (nSPS) is 16.5. The van der Waals surface area contributed by atoms with E-state index in [1.807, 2.05) is 0 Å². The van der Waals surface area contributed by atoms with Gasteiger partial charge in [0.1, 0.15) is 0 Å². The van der Waals surface area contributed by atoms with Crippen LogP contribution in [-0.2, 0) is 0 Å². The zero-order chi connectivity index (χ0) is 20.2. The average Bonchev–Trinajstić information content (AvgIpc) is 2.91. The van der Waals surface area contributed by atoms with Gasteiger partial charge in [0.15, 0.2) is 6.20 Å². The van der Waals surface area contributed by atoms with E-state index in [0.29, 0.717) is 17.8 Å². The van der Waals surface area contributed by atoms with Gasteiger partial charge in [-0.05, 0) is 37.1 Å². The van der Waals surface area contributed by atoms with E-state index in [1.165, 1.54) is 50.0 Å². The molecule has 28 heavy (non-hydrogen) atoms. The number of hydrogen-bond acceptors (Lipinski definition) is 0. The van der Waals surface area contributed by atoms with Gasteiger partial charge in [-0.25, -0.2) is 0 Å². The second-order valence-electron chi connectivity index (χ2n) is 8.97. The Kier molecular flexibility index (Phi) is 4.65. The van der Waals surface area contributed by atoms with Crippen LogP contribution in [0.5, 0.6) is 0 Å². The molecule has 1 unspecified atom stereocenters. The number of nitrogens with zero attached hydrogens (tertiary/aromatic N) is 1. The van der Waals surface area contributed by atoms with Crippen molar-refractivity contribution in [2.45, 2.75) is 66.2 Å². The lowest BCUT2D eigenvalue weighted by atomic mass is 9.91. The quantitative estimate of drug-likeness (QED) is 0.427. The van der Waals surface area contributed by atoms with Crippen molar-refractivity contribution in [3.8, 4) is 5.69 Å². The van der Waals surface area contributed by atoms with Gasteiger partial charge in [-0.15, -0.1) is 0 Å². The Balaban J connectivity index is 2.19. The summed E-state index contributed by atoms with van der Waals surface area (Å²) in [6.45, 7) is 16.2. The highest BCUT2D eigenvalue weighted by Gasteiger charge is 2.36. The number of aromatic nitrogens is 1. The van der Waals surface area contributed by atoms with E-state index < -0.39 is 0 Å². The highest BCUT2D eigenvalue weighted by Crippen LogP contribution is 2.44. The molecule has 0 fully saturated rings. The third kappa shape index (κ3) is 2.71. The van der Waals surface area contributed by atoms with E-state index in [0.717, 1.165) is 0 Å². The minimum atomic E-state index is 0.459. The molecule has 3 aromatic rings. The SMILES string of the molecule is CC1=C(C)C(C)c2c1[n+](-c1c(C(C)C)cccc1C(C)C)cc1ccccc21. The van der Waals surface area contributed by atoms with E-state index in [-0.39, 0.29) is 0 Å². The maximum atomic E-state index is 2.52. The standard InChI is InChI=1S/C27H32N/c1-16(2)22-13-10-14-23(17(3)4)27(22)28-15-21-11-8-9-12-24(21)25-19(6)18(5)20(7)26(25)28/h8-17,19H,1-7H3/q+1. The number of para-hydroxylation sites is 1. The van der Waals surface area contributed by atoms with Crippen molar-refractivity contribution in [1.29, 1.82) is 0 Å². The first-order chi connectivity index (χ1) is 13.3. The monoisotopic (exact) mass is 370 g/mol. The van der Waals surface area contributed by atoms with Crippen LogP contribution in [-0.4, -0.2) is 0 Å². The fraction of sp³-hybridized carbons (Fsp3) is 0.370. The van der Waals surface area contributed by atoms with E-state index in [4.69, 9.17) is 0 Å². The molecule has 4 rings (SSSR count). The predicted octanol–water partition coefficient (Wildman–Crippen LogP) is 7.27. The largest absolute Gasteiger partial charge is 0.218 e. The molecule has 0 bridgehead atoms. The van der Waals surface area contributed by atoms with Gasteiger partial charge in [0.2, 0.25) is 11.4 Å². The van der Waals surface area contributed by atoms with Crippen LogP contribution in [0, 0.1) is 0 Å². The third-order valence-electron chi connectivity index (χ3n) is 6.63. The Hall–Kier alpha value is -2.41. The molecule has 0 aliphatic heterocycles. The number of rotatable bonds is 3. The first-order valence-corrected chi connectivity index (χ1v) is 10.6. The fourth-order valence-corrected chi connectivity index (χ4v) is 4.83. The molecule has 2 aromatic carbocycles. The van der Waals surface area contributed by atoms with Crippen LogP contribution in [0.15, 0.2) is 54.2 Å². The van der Waals surface area contributed by atoms with Crippen LogP contribution < -0.4 is 4.57 Å². The van der Waals surface area contributed by atoms with Crippen molar-refractivity contribution in [3.63, 3.8) is 0 Å². The molecule has 1 heterocycles. The summed E-state index contributed by atoms with van der Waals surface area (Å²) >= 11 is 0. The molecule has 1 aliphatic rings. The molecular weight excluding hydrogens is 338 g/mol. The second kappa shape index (κ2) is 6.88. The molecule has 0 radical (unpaired) electrons. The third-order valence-corrected chi connectivity index (χ3v) is 6.63. The molecule has 0 spiro atoms. The van der Waals surface area contributed by atoms with Crippen LogP contribution in [0.3, 0.4) is 0 Å². The Labute approximate surface area is 169 Å². The van der Waals surface area contributed by atoms with Crippen molar-refractivity contribution in [3.05, 3.63) is 76.6 Å². The molecule has 0 saturated heterocycles. The first-order valence-electron chi connectivity index (χ1n) is 10.6. The lowest BCUT2D eigenvalue weighted by molar-refractivity contribution is -0.598. The minimum absolute atomic E-state index is 0.459. The molecule has 0 amide bonds. The summed E-state index contributed by atoms with van der Waals surface area (Å²) in [6.07, 6.45) is 2.37. The van der Waals surface area contributed by atoms with E-state index >= 15 is 0 Å². The van der Waals surface area contributed by atoms with Gasteiger partial charge in [0, 0.05) is 33.6 Å². The molecule has 0 saturated carbocycles. The summed E-state index contributed by atoms with van der Waals surface area (Å²) in [5.74, 6) is 1.42. The summed E-state index contributed by atoms with van der Waals surface area (Å²) in [6, 6.07) is 15.7. The van der Waals surface area contributed by atoms with Crippen molar-refractivity contribution < 1.29 is 4.57 Å². The topological polar surface area (TPSA) is 3.88 Å². The average molecular weight is 371 g/mol. The summed E-state index contributed by atoms with van der Waals surface area (Å²) in [4.78, 5) is 0. The summed E-state index contributed by atoms with van der Waals surface area (Å²) in [5.41, 5.74) is 10.1. The molecule has 1 atom stereocenters. The van der Waals surface area contributed by atoms with Gasteiger partial charge in [-0.2, -0.15) is 4.57 Å². The lowest BCUT2D eigenvalue weighted by Crippen LogP contribution is -2.38. The maximum Gasteiger partial charge on any atom is 0.218 e. The Bertz CT molecular complexity index is 1070. The van der Waals surface area contributed by atoms with Crippen LogP contribution in [0.25, 0.3) is 22.0 Å². The molecule has 1 aromatic heterocycles. The molecule has 144 valence electrons. The van der Waals surface area contributed by atoms with Crippen molar-refractivity contribution >= 4 is 16.3 Å². The number of hydrogen-bond donors (Lipinski definition) is 0. The molecular formula is C27H32N+. The van der Waals surface area contributed by atoms with Crippen molar-refractivity contribution in [2.24, 2.45) is 0 Å².